The Kier molecular flexibility index (Phi) is 3.84. The van der Waals surface area contributed by atoms with Gasteiger partial charge in [0.05, 0.1) is 13.0 Å². The van der Waals surface area contributed by atoms with Crippen molar-refractivity contribution in [2.75, 3.05) is 7.11 Å². The van der Waals surface area contributed by atoms with E-state index in [0.29, 0.717) is 6.42 Å². The first kappa shape index (κ1) is 13.7. The van der Waals surface area contributed by atoms with Crippen molar-refractivity contribution in [2.24, 2.45) is 11.7 Å². The summed E-state index contributed by atoms with van der Waals surface area (Å²) < 4.78 is 16.1. The van der Waals surface area contributed by atoms with Gasteiger partial charge in [-0.15, -0.1) is 12.4 Å². The van der Waals surface area contributed by atoms with Crippen molar-refractivity contribution >= 4 is 18.4 Å². The Morgan fingerprint density at radius 2 is 1.94 bits per heavy atom. The van der Waals surface area contributed by atoms with Crippen molar-refractivity contribution in [3.8, 4) is 0 Å². The highest BCUT2D eigenvalue weighted by molar-refractivity contribution is 5.85. The first-order chi connectivity index (χ1) is 6.94. The number of hydrogen-bond donors (Lipinski definition) is 1. The van der Waals surface area contributed by atoms with Crippen molar-refractivity contribution < 1.29 is 19.0 Å². The molecule has 4 atom stereocenters. The van der Waals surface area contributed by atoms with Crippen molar-refractivity contribution in [3.05, 3.63) is 0 Å². The molecule has 0 spiro atoms. The zero-order valence-corrected chi connectivity index (χ0v) is 10.5. The van der Waals surface area contributed by atoms with Crippen LogP contribution in [-0.4, -0.2) is 37.1 Å². The minimum Gasteiger partial charge on any atom is -0.469 e. The molecule has 0 bridgehead atoms. The van der Waals surface area contributed by atoms with Crippen LogP contribution in [-0.2, 0) is 19.0 Å². The lowest BCUT2D eigenvalue weighted by atomic mass is 10.1. The fourth-order valence-electron chi connectivity index (χ4n) is 2.40. The Balaban J connectivity index is 0.00000128. The van der Waals surface area contributed by atoms with E-state index in [2.05, 4.69) is 0 Å². The Labute approximate surface area is 101 Å². The number of methoxy groups -OCH3 is 1. The molecule has 0 aromatic carbocycles. The van der Waals surface area contributed by atoms with Crippen LogP contribution in [0.4, 0.5) is 0 Å². The monoisotopic (exact) mass is 251 g/mol. The molecule has 2 rings (SSSR count). The maximum absolute atomic E-state index is 11.5. The fraction of sp³-hybridized carbons (Fsp3) is 0.900. The summed E-state index contributed by atoms with van der Waals surface area (Å²) in [5.74, 6) is -1.21. The minimum absolute atomic E-state index is 0. The highest BCUT2D eigenvalue weighted by Gasteiger charge is 2.55. The van der Waals surface area contributed by atoms with Crippen LogP contribution in [0.5, 0.6) is 0 Å². The molecule has 1 saturated heterocycles. The standard InChI is InChI=1S/C10H17NO4.ClH/c1-10(2)14-7-5(9(12)13-3)4-6(11)8(7)15-10;/h5-8H,4,11H2,1-3H3;1H/t5-,6+,7+,8-;/m1./s1. The molecule has 6 heteroatoms. The summed E-state index contributed by atoms with van der Waals surface area (Å²) >= 11 is 0. The zero-order chi connectivity index (χ0) is 11.2. The molecule has 1 heterocycles. The van der Waals surface area contributed by atoms with Crippen molar-refractivity contribution in [2.45, 2.75) is 44.3 Å². The summed E-state index contributed by atoms with van der Waals surface area (Å²) in [7, 11) is 1.38. The molecule has 2 aliphatic rings. The third-order valence-corrected chi connectivity index (χ3v) is 3.01. The van der Waals surface area contributed by atoms with Crippen LogP contribution < -0.4 is 5.73 Å². The maximum Gasteiger partial charge on any atom is 0.311 e. The van der Waals surface area contributed by atoms with E-state index < -0.39 is 5.79 Å². The summed E-state index contributed by atoms with van der Waals surface area (Å²) in [4.78, 5) is 11.5. The summed E-state index contributed by atoms with van der Waals surface area (Å²) in [5, 5.41) is 0. The lowest BCUT2D eigenvalue weighted by molar-refractivity contribution is -0.167. The number of carbonyl (C=O) groups excluding carboxylic acids is 1. The molecule has 0 unspecified atom stereocenters. The molecule has 2 N–H and O–H groups in total. The molecule has 1 aliphatic carbocycles. The summed E-state index contributed by atoms with van der Waals surface area (Å²) in [5.41, 5.74) is 5.91. The van der Waals surface area contributed by atoms with E-state index >= 15 is 0 Å². The molecule has 1 aliphatic heterocycles. The van der Waals surface area contributed by atoms with E-state index in [-0.39, 0.29) is 42.5 Å². The van der Waals surface area contributed by atoms with Crippen molar-refractivity contribution in [3.63, 3.8) is 0 Å². The minimum atomic E-state index is -0.653. The van der Waals surface area contributed by atoms with E-state index in [1.54, 1.807) is 0 Å². The predicted molar refractivity (Wildman–Crippen MR) is 59.2 cm³/mol. The number of nitrogens with two attached hydrogens (primary N) is 1. The Hall–Kier alpha value is -0.360. The van der Waals surface area contributed by atoms with Crippen molar-refractivity contribution in [1.29, 1.82) is 0 Å². The molecular formula is C10H18ClNO4. The van der Waals surface area contributed by atoms with Crippen LogP contribution in [0.15, 0.2) is 0 Å². The molecule has 16 heavy (non-hydrogen) atoms. The van der Waals surface area contributed by atoms with Crippen LogP contribution in [0, 0.1) is 5.92 Å². The normalized spacial score (nSPS) is 40.0. The Bertz CT molecular complexity index is 284. The van der Waals surface area contributed by atoms with E-state index in [0.717, 1.165) is 0 Å². The largest absolute Gasteiger partial charge is 0.469 e. The number of rotatable bonds is 1. The van der Waals surface area contributed by atoms with Crippen LogP contribution in [0.1, 0.15) is 20.3 Å². The lowest BCUT2D eigenvalue weighted by Gasteiger charge is -2.21. The van der Waals surface area contributed by atoms with Gasteiger partial charge >= 0.3 is 5.97 Å². The van der Waals surface area contributed by atoms with Gasteiger partial charge in [-0.3, -0.25) is 4.79 Å². The highest BCUT2D eigenvalue weighted by atomic mass is 35.5. The van der Waals surface area contributed by atoms with Gasteiger partial charge in [0.25, 0.3) is 0 Å². The highest BCUT2D eigenvalue weighted by Crippen LogP contribution is 2.41. The van der Waals surface area contributed by atoms with Gasteiger partial charge in [-0.05, 0) is 20.3 Å². The Morgan fingerprint density at radius 1 is 1.38 bits per heavy atom. The number of carbonyl (C=O) groups is 1. The SMILES string of the molecule is COC(=O)[C@@H]1C[C@H](N)[C@H]2OC(C)(C)O[C@H]21.Cl. The van der Waals surface area contributed by atoms with Gasteiger partial charge in [0.15, 0.2) is 5.79 Å². The van der Waals surface area contributed by atoms with Gasteiger partial charge in [0.1, 0.15) is 12.2 Å². The van der Waals surface area contributed by atoms with Gasteiger partial charge in [-0.2, -0.15) is 0 Å². The molecule has 0 aromatic rings. The molecule has 0 aromatic heterocycles. The van der Waals surface area contributed by atoms with Crippen LogP contribution in [0.3, 0.4) is 0 Å². The molecule has 1 saturated carbocycles. The lowest BCUT2D eigenvalue weighted by Crippen LogP contribution is -2.35. The van der Waals surface area contributed by atoms with Gasteiger partial charge in [0.2, 0.25) is 0 Å². The molecule has 5 nitrogen and oxygen atoms in total. The van der Waals surface area contributed by atoms with Gasteiger partial charge in [0, 0.05) is 6.04 Å². The maximum atomic E-state index is 11.5. The van der Waals surface area contributed by atoms with Crippen LogP contribution in [0.25, 0.3) is 0 Å². The second-order valence-corrected chi connectivity index (χ2v) is 4.59. The van der Waals surface area contributed by atoms with Gasteiger partial charge in [-0.25, -0.2) is 0 Å². The predicted octanol–water partition coefficient (Wildman–Crippen LogP) is 0.449. The van der Waals surface area contributed by atoms with Gasteiger partial charge < -0.3 is 19.9 Å². The van der Waals surface area contributed by atoms with Crippen molar-refractivity contribution in [1.82, 2.24) is 0 Å². The molecule has 94 valence electrons. The second-order valence-electron chi connectivity index (χ2n) is 4.59. The number of hydrogen-bond acceptors (Lipinski definition) is 5. The molecular weight excluding hydrogens is 234 g/mol. The number of halogens is 1. The summed E-state index contributed by atoms with van der Waals surface area (Å²) in [6, 6.07) is -0.152. The quantitative estimate of drug-likeness (QED) is 0.685. The number of ether oxygens (including phenoxy) is 3. The number of fused-ring (bicyclic) bond motifs is 1. The van der Waals surface area contributed by atoms with E-state index in [4.69, 9.17) is 19.9 Å². The van der Waals surface area contributed by atoms with Gasteiger partial charge in [-0.1, -0.05) is 0 Å². The summed E-state index contributed by atoms with van der Waals surface area (Å²) in [6.45, 7) is 3.65. The fourth-order valence-corrected chi connectivity index (χ4v) is 2.40. The van der Waals surface area contributed by atoms with E-state index in [9.17, 15) is 4.79 Å². The Morgan fingerprint density at radius 3 is 2.50 bits per heavy atom. The second kappa shape index (κ2) is 4.49. The van der Waals surface area contributed by atoms with E-state index in [1.165, 1.54) is 7.11 Å². The van der Waals surface area contributed by atoms with Crippen LogP contribution >= 0.6 is 12.4 Å². The third-order valence-electron chi connectivity index (χ3n) is 3.01. The van der Waals surface area contributed by atoms with E-state index in [1.807, 2.05) is 13.8 Å². The number of esters is 1. The first-order valence-electron chi connectivity index (χ1n) is 5.13. The average Bonchev–Trinajstić information content (AvgIpc) is 2.61. The zero-order valence-electron chi connectivity index (χ0n) is 9.64. The smallest absolute Gasteiger partial charge is 0.311 e. The summed E-state index contributed by atoms with van der Waals surface area (Å²) in [6.07, 6.45) is 0.115. The third kappa shape index (κ3) is 2.18. The topological polar surface area (TPSA) is 70.8 Å². The molecule has 0 amide bonds. The van der Waals surface area contributed by atoms with Crippen LogP contribution in [0.2, 0.25) is 0 Å². The average molecular weight is 252 g/mol. The first-order valence-corrected chi connectivity index (χ1v) is 5.13. The molecule has 0 radical (unpaired) electrons. The molecule has 2 fully saturated rings.